The van der Waals surface area contributed by atoms with Gasteiger partial charge in [-0.05, 0) is 38.1 Å². The van der Waals surface area contributed by atoms with Gasteiger partial charge in [-0.3, -0.25) is 4.90 Å². The van der Waals surface area contributed by atoms with Crippen LogP contribution in [0.25, 0.3) is 10.8 Å². The molecule has 0 unspecified atom stereocenters. The molecule has 0 aromatic heterocycles. The van der Waals surface area contributed by atoms with Crippen molar-refractivity contribution in [3.63, 3.8) is 0 Å². The van der Waals surface area contributed by atoms with Crippen LogP contribution in [0.1, 0.15) is 24.8 Å². The topological polar surface area (TPSA) is 36.3 Å². The number of rotatable bonds is 4. The number of fused-ring (bicyclic) bond motifs is 1. The average Bonchev–Trinajstić information content (AvgIpc) is 2.56. The first-order chi connectivity index (χ1) is 10.4. The highest BCUT2D eigenvalue weighted by molar-refractivity contribution is 5.92. The summed E-state index contributed by atoms with van der Waals surface area (Å²) in [6.45, 7) is 4.07. The fourth-order valence-corrected chi connectivity index (χ4v) is 2.96. The Bertz CT molecular complexity index is 654. The quantitative estimate of drug-likeness (QED) is 0.859. The maximum absolute atomic E-state index is 9.18. The highest BCUT2D eigenvalue weighted by atomic mass is 16.5. The van der Waals surface area contributed by atoms with Gasteiger partial charge in [0.15, 0.2) is 0 Å². The van der Waals surface area contributed by atoms with Crippen molar-refractivity contribution in [2.24, 2.45) is 0 Å². The number of benzene rings is 2. The molecule has 1 aliphatic heterocycles. The molecule has 0 bridgehead atoms. The van der Waals surface area contributed by atoms with Crippen LogP contribution >= 0.6 is 0 Å². The van der Waals surface area contributed by atoms with E-state index in [0.29, 0.717) is 12.2 Å². The number of piperidine rings is 1. The molecule has 0 atom stereocenters. The number of hydrogen-bond acceptors (Lipinski definition) is 3. The summed E-state index contributed by atoms with van der Waals surface area (Å²) < 4.78 is 5.97. The van der Waals surface area contributed by atoms with Crippen LogP contribution in [0.15, 0.2) is 36.4 Å². The molecule has 0 radical (unpaired) electrons. The SMILES string of the molecule is N#Cc1ccc(OCCN2CCCCC2)c2ccccc12. The third kappa shape index (κ3) is 3.17. The lowest BCUT2D eigenvalue weighted by atomic mass is 10.0. The highest BCUT2D eigenvalue weighted by Crippen LogP contribution is 2.28. The van der Waals surface area contributed by atoms with Gasteiger partial charge in [-0.15, -0.1) is 0 Å². The lowest BCUT2D eigenvalue weighted by molar-refractivity contribution is 0.184. The maximum Gasteiger partial charge on any atom is 0.127 e. The van der Waals surface area contributed by atoms with E-state index < -0.39 is 0 Å². The van der Waals surface area contributed by atoms with Crippen LogP contribution in [0.4, 0.5) is 0 Å². The molecule has 3 rings (SSSR count). The molecule has 2 aromatic rings. The summed E-state index contributed by atoms with van der Waals surface area (Å²) >= 11 is 0. The first kappa shape index (κ1) is 13.9. The van der Waals surface area contributed by atoms with Crippen molar-refractivity contribution in [2.45, 2.75) is 19.3 Å². The van der Waals surface area contributed by atoms with Gasteiger partial charge in [-0.1, -0.05) is 30.7 Å². The van der Waals surface area contributed by atoms with Crippen LogP contribution in [-0.2, 0) is 0 Å². The van der Waals surface area contributed by atoms with Crippen LogP contribution in [0.2, 0.25) is 0 Å². The molecule has 1 fully saturated rings. The van der Waals surface area contributed by atoms with E-state index >= 15 is 0 Å². The molecule has 1 aliphatic rings. The van der Waals surface area contributed by atoms with Crippen LogP contribution in [0, 0.1) is 11.3 Å². The fourth-order valence-electron chi connectivity index (χ4n) is 2.96. The van der Waals surface area contributed by atoms with Gasteiger partial charge in [0.25, 0.3) is 0 Å². The number of ether oxygens (including phenoxy) is 1. The third-order valence-electron chi connectivity index (χ3n) is 4.12. The minimum Gasteiger partial charge on any atom is -0.492 e. The van der Waals surface area contributed by atoms with E-state index in [0.717, 1.165) is 23.1 Å². The molecule has 2 aromatic carbocycles. The zero-order valence-electron chi connectivity index (χ0n) is 12.2. The van der Waals surface area contributed by atoms with Crippen molar-refractivity contribution in [1.82, 2.24) is 4.90 Å². The average molecular weight is 280 g/mol. The molecule has 0 saturated carbocycles. The summed E-state index contributed by atoms with van der Waals surface area (Å²) in [6.07, 6.45) is 3.97. The summed E-state index contributed by atoms with van der Waals surface area (Å²) in [7, 11) is 0. The van der Waals surface area contributed by atoms with Gasteiger partial charge >= 0.3 is 0 Å². The standard InChI is InChI=1S/C18H20N2O/c19-14-15-8-9-18(17-7-3-2-6-16(15)17)21-13-12-20-10-4-1-5-11-20/h2-3,6-9H,1,4-5,10-13H2. The Morgan fingerprint density at radius 3 is 2.52 bits per heavy atom. The van der Waals surface area contributed by atoms with Gasteiger partial charge in [0.2, 0.25) is 0 Å². The molecule has 0 aliphatic carbocycles. The molecule has 108 valence electrons. The molecule has 1 saturated heterocycles. The highest BCUT2D eigenvalue weighted by Gasteiger charge is 2.10. The van der Waals surface area contributed by atoms with Crippen LogP contribution in [0.5, 0.6) is 5.75 Å². The Kier molecular flexibility index (Phi) is 4.37. The minimum atomic E-state index is 0.703. The lowest BCUT2D eigenvalue weighted by Crippen LogP contribution is -2.33. The monoisotopic (exact) mass is 280 g/mol. The van der Waals surface area contributed by atoms with Gasteiger partial charge in [0.1, 0.15) is 12.4 Å². The number of nitrogens with zero attached hydrogens (tertiary/aromatic N) is 2. The number of likely N-dealkylation sites (tertiary alicyclic amines) is 1. The normalized spacial score (nSPS) is 15.8. The van der Waals surface area contributed by atoms with E-state index in [1.165, 1.54) is 32.4 Å². The van der Waals surface area contributed by atoms with Crippen molar-refractivity contribution in [3.8, 4) is 11.8 Å². The van der Waals surface area contributed by atoms with Crippen molar-refractivity contribution in [1.29, 1.82) is 5.26 Å². The van der Waals surface area contributed by atoms with E-state index in [-0.39, 0.29) is 0 Å². The summed E-state index contributed by atoms with van der Waals surface area (Å²) in [6, 6.07) is 13.9. The molecular weight excluding hydrogens is 260 g/mol. The summed E-state index contributed by atoms with van der Waals surface area (Å²) in [5.74, 6) is 0.876. The van der Waals surface area contributed by atoms with E-state index in [2.05, 4.69) is 11.0 Å². The zero-order valence-corrected chi connectivity index (χ0v) is 12.2. The lowest BCUT2D eigenvalue weighted by Gasteiger charge is -2.26. The first-order valence-corrected chi connectivity index (χ1v) is 7.65. The molecule has 0 N–H and O–H groups in total. The Morgan fingerprint density at radius 1 is 1.00 bits per heavy atom. The predicted octanol–water partition coefficient (Wildman–Crippen LogP) is 3.58. The van der Waals surface area contributed by atoms with Crippen LogP contribution < -0.4 is 4.74 Å². The second-order valence-electron chi connectivity index (χ2n) is 5.52. The fraction of sp³-hybridized carbons (Fsp3) is 0.389. The van der Waals surface area contributed by atoms with Gasteiger partial charge < -0.3 is 4.74 Å². The zero-order chi connectivity index (χ0) is 14.5. The van der Waals surface area contributed by atoms with Crippen molar-refractivity contribution >= 4 is 10.8 Å². The van der Waals surface area contributed by atoms with Crippen LogP contribution in [0.3, 0.4) is 0 Å². The second-order valence-corrected chi connectivity index (χ2v) is 5.52. The molecular formula is C18H20N2O. The Morgan fingerprint density at radius 2 is 1.76 bits per heavy atom. The Labute approximate surface area is 125 Å². The predicted molar refractivity (Wildman–Crippen MR) is 84.4 cm³/mol. The van der Waals surface area contributed by atoms with E-state index in [4.69, 9.17) is 4.74 Å². The van der Waals surface area contributed by atoms with E-state index in [1.807, 2.05) is 36.4 Å². The van der Waals surface area contributed by atoms with Gasteiger partial charge in [-0.2, -0.15) is 5.26 Å². The smallest absolute Gasteiger partial charge is 0.127 e. The second kappa shape index (κ2) is 6.60. The summed E-state index contributed by atoms with van der Waals surface area (Å²) in [5.41, 5.74) is 0.703. The molecule has 1 heterocycles. The first-order valence-electron chi connectivity index (χ1n) is 7.65. The number of hydrogen-bond donors (Lipinski definition) is 0. The third-order valence-corrected chi connectivity index (χ3v) is 4.12. The summed E-state index contributed by atoms with van der Waals surface area (Å²) in [4.78, 5) is 2.47. The largest absolute Gasteiger partial charge is 0.492 e. The van der Waals surface area contributed by atoms with Gasteiger partial charge in [0, 0.05) is 17.3 Å². The molecule has 21 heavy (non-hydrogen) atoms. The number of nitriles is 1. The minimum absolute atomic E-state index is 0.703. The molecule has 0 spiro atoms. The Hall–Kier alpha value is -2.05. The van der Waals surface area contributed by atoms with Gasteiger partial charge in [-0.25, -0.2) is 0 Å². The Balaban J connectivity index is 1.71. The molecule has 0 amide bonds. The van der Waals surface area contributed by atoms with Gasteiger partial charge in [0.05, 0.1) is 11.6 Å². The van der Waals surface area contributed by atoms with Crippen molar-refractivity contribution in [2.75, 3.05) is 26.2 Å². The molecule has 3 nitrogen and oxygen atoms in total. The van der Waals surface area contributed by atoms with Crippen molar-refractivity contribution in [3.05, 3.63) is 42.0 Å². The molecule has 3 heteroatoms. The summed E-state index contributed by atoms with van der Waals surface area (Å²) in [5, 5.41) is 11.2. The van der Waals surface area contributed by atoms with Crippen LogP contribution in [-0.4, -0.2) is 31.1 Å². The van der Waals surface area contributed by atoms with E-state index in [9.17, 15) is 5.26 Å². The van der Waals surface area contributed by atoms with E-state index in [1.54, 1.807) is 0 Å². The maximum atomic E-state index is 9.18. The van der Waals surface area contributed by atoms with Crippen molar-refractivity contribution < 1.29 is 4.74 Å².